The van der Waals surface area contributed by atoms with E-state index in [0.29, 0.717) is 6.07 Å². The van der Waals surface area contributed by atoms with Crippen LogP contribution in [0.4, 0.5) is 13.2 Å². The lowest BCUT2D eigenvalue weighted by Crippen LogP contribution is -2.13. The predicted octanol–water partition coefficient (Wildman–Crippen LogP) is 1.32. The van der Waals surface area contributed by atoms with E-state index in [1.807, 2.05) is 0 Å². The fourth-order valence-corrected chi connectivity index (χ4v) is 1.04. The Morgan fingerprint density at radius 1 is 1.60 bits per heavy atom. The lowest BCUT2D eigenvalue weighted by atomic mass is 10.1. The first-order valence-electron chi connectivity index (χ1n) is 3.88. The Kier molecular flexibility index (Phi) is 3.25. The minimum absolute atomic E-state index is 0.383. The summed E-state index contributed by atoms with van der Waals surface area (Å²) in [6.07, 6.45) is -3.02. The molecule has 82 valence electrons. The molecule has 0 spiro atoms. The molecule has 4 nitrogen and oxygen atoms in total. The number of nitrogens with zero attached hydrogens (tertiary/aromatic N) is 1. The van der Waals surface area contributed by atoms with E-state index in [0.717, 1.165) is 0 Å². The Morgan fingerprint density at radius 2 is 2.20 bits per heavy atom. The molecule has 7 heteroatoms. The van der Waals surface area contributed by atoms with Crippen LogP contribution in [0, 0.1) is 5.82 Å². The van der Waals surface area contributed by atoms with Crippen LogP contribution in [0.5, 0.6) is 0 Å². The smallest absolute Gasteiger partial charge is 0.354 e. The molecule has 3 N–H and O–H groups in total. The number of halogens is 3. The average Bonchev–Trinajstić information content (AvgIpc) is 2.16. The van der Waals surface area contributed by atoms with Crippen LogP contribution in [0.1, 0.15) is 28.2 Å². The molecule has 0 saturated heterocycles. The monoisotopic (exact) mass is 220 g/mol. The van der Waals surface area contributed by atoms with E-state index in [1.54, 1.807) is 0 Å². The van der Waals surface area contributed by atoms with Gasteiger partial charge in [-0.2, -0.15) is 0 Å². The molecule has 1 heterocycles. The van der Waals surface area contributed by atoms with Crippen molar-refractivity contribution in [3.05, 3.63) is 28.8 Å². The van der Waals surface area contributed by atoms with Gasteiger partial charge in [-0.05, 0) is 0 Å². The summed E-state index contributed by atoms with van der Waals surface area (Å²) in [5, 5.41) is 8.60. The van der Waals surface area contributed by atoms with E-state index >= 15 is 0 Å². The number of carbonyl (C=O) groups is 1. The van der Waals surface area contributed by atoms with Gasteiger partial charge in [-0.1, -0.05) is 0 Å². The molecular formula is C8H7F3N2O2. The second-order valence-electron chi connectivity index (χ2n) is 2.67. The molecule has 0 fully saturated rings. The zero-order valence-electron chi connectivity index (χ0n) is 7.38. The second kappa shape index (κ2) is 4.26. The minimum Gasteiger partial charge on any atom is -0.476 e. The van der Waals surface area contributed by atoms with E-state index in [2.05, 4.69) is 4.98 Å². The summed E-state index contributed by atoms with van der Waals surface area (Å²) >= 11 is 0. The summed E-state index contributed by atoms with van der Waals surface area (Å²) < 4.78 is 37.5. The average molecular weight is 220 g/mol. The van der Waals surface area contributed by atoms with Crippen molar-refractivity contribution in [3.63, 3.8) is 0 Å². The number of hydrogen-bond donors (Lipinski definition) is 2. The highest BCUT2D eigenvalue weighted by Crippen LogP contribution is 2.21. The predicted molar refractivity (Wildman–Crippen MR) is 44.0 cm³/mol. The molecule has 0 aliphatic carbocycles. The number of aromatic carboxylic acids is 1. The van der Waals surface area contributed by atoms with Crippen LogP contribution >= 0.6 is 0 Å². The minimum atomic E-state index is -3.02. The number of aromatic nitrogens is 1. The van der Waals surface area contributed by atoms with Crippen molar-refractivity contribution >= 4 is 5.97 Å². The third-order valence-corrected chi connectivity index (χ3v) is 1.72. The van der Waals surface area contributed by atoms with Crippen LogP contribution in [-0.4, -0.2) is 16.1 Å². The molecule has 0 bridgehead atoms. The number of pyridine rings is 1. The fraction of sp³-hybridized carbons (Fsp3) is 0.250. The van der Waals surface area contributed by atoms with Crippen LogP contribution in [0.15, 0.2) is 6.07 Å². The van der Waals surface area contributed by atoms with Gasteiger partial charge in [0.2, 0.25) is 0 Å². The Balaban J connectivity index is 3.38. The van der Waals surface area contributed by atoms with Gasteiger partial charge >= 0.3 is 5.97 Å². The Bertz CT molecular complexity index is 396. The van der Waals surface area contributed by atoms with Crippen LogP contribution in [0.25, 0.3) is 0 Å². The molecule has 15 heavy (non-hydrogen) atoms. The van der Waals surface area contributed by atoms with Crippen molar-refractivity contribution in [3.8, 4) is 0 Å². The van der Waals surface area contributed by atoms with Crippen LogP contribution in [-0.2, 0) is 6.54 Å². The van der Waals surface area contributed by atoms with Gasteiger partial charge in [-0.3, -0.25) is 0 Å². The van der Waals surface area contributed by atoms with E-state index in [4.69, 9.17) is 10.8 Å². The molecule has 0 amide bonds. The number of alkyl halides is 2. The SMILES string of the molecule is NCc1c(F)cc(C(F)F)nc1C(=O)O. The van der Waals surface area contributed by atoms with Gasteiger partial charge in [0.25, 0.3) is 6.43 Å². The van der Waals surface area contributed by atoms with E-state index in [9.17, 15) is 18.0 Å². The largest absolute Gasteiger partial charge is 0.476 e. The number of carboxylic acids is 1. The molecule has 0 atom stereocenters. The van der Waals surface area contributed by atoms with Gasteiger partial charge in [0.15, 0.2) is 5.69 Å². The highest BCUT2D eigenvalue weighted by atomic mass is 19.3. The fourth-order valence-electron chi connectivity index (χ4n) is 1.04. The number of carboxylic acid groups (broad SMARTS) is 1. The Morgan fingerprint density at radius 3 is 2.60 bits per heavy atom. The third kappa shape index (κ3) is 2.24. The van der Waals surface area contributed by atoms with E-state index in [1.165, 1.54) is 0 Å². The molecule has 1 aromatic rings. The summed E-state index contributed by atoms with van der Waals surface area (Å²) in [5.74, 6) is -2.67. The maximum absolute atomic E-state index is 13.1. The lowest BCUT2D eigenvalue weighted by Gasteiger charge is -2.06. The second-order valence-corrected chi connectivity index (χ2v) is 2.67. The molecule has 1 rings (SSSR count). The first-order valence-corrected chi connectivity index (χ1v) is 3.88. The number of hydrogen-bond acceptors (Lipinski definition) is 3. The van der Waals surface area contributed by atoms with Gasteiger partial charge in [-0.25, -0.2) is 22.9 Å². The summed E-state index contributed by atoms with van der Waals surface area (Å²) in [6, 6.07) is 0.485. The topological polar surface area (TPSA) is 76.2 Å². The molecular weight excluding hydrogens is 213 g/mol. The number of rotatable bonds is 3. The van der Waals surface area contributed by atoms with Gasteiger partial charge in [-0.15, -0.1) is 0 Å². The molecule has 0 aromatic carbocycles. The molecule has 0 saturated carbocycles. The van der Waals surface area contributed by atoms with Gasteiger partial charge in [0, 0.05) is 18.2 Å². The highest BCUT2D eigenvalue weighted by molar-refractivity contribution is 5.87. The standard InChI is InChI=1S/C8H7F3N2O2/c9-4-1-5(7(10)11)13-6(8(14)15)3(4)2-12/h1,7H,2,12H2,(H,14,15). The normalized spacial score (nSPS) is 10.7. The maximum Gasteiger partial charge on any atom is 0.354 e. The summed E-state index contributed by atoms with van der Waals surface area (Å²) in [6.45, 7) is -0.413. The quantitative estimate of drug-likeness (QED) is 0.805. The van der Waals surface area contributed by atoms with Crippen LogP contribution in [0.3, 0.4) is 0 Å². The van der Waals surface area contributed by atoms with Crippen molar-refractivity contribution in [1.29, 1.82) is 0 Å². The van der Waals surface area contributed by atoms with Crippen molar-refractivity contribution < 1.29 is 23.1 Å². The molecule has 0 unspecified atom stereocenters. The molecule has 0 aliphatic rings. The zero-order valence-corrected chi connectivity index (χ0v) is 7.38. The van der Waals surface area contributed by atoms with E-state index in [-0.39, 0.29) is 5.56 Å². The lowest BCUT2D eigenvalue weighted by molar-refractivity contribution is 0.0686. The summed E-state index contributed by atoms with van der Waals surface area (Å²) in [5.41, 5.74) is 3.02. The summed E-state index contributed by atoms with van der Waals surface area (Å²) in [4.78, 5) is 13.7. The zero-order chi connectivity index (χ0) is 11.6. The number of nitrogens with two attached hydrogens (primary N) is 1. The Hall–Kier alpha value is -1.63. The first-order chi connectivity index (χ1) is 6.97. The van der Waals surface area contributed by atoms with Crippen molar-refractivity contribution in [2.75, 3.05) is 0 Å². The Labute approximate surface area is 82.5 Å². The summed E-state index contributed by atoms with van der Waals surface area (Å²) in [7, 11) is 0. The van der Waals surface area contributed by atoms with Crippen molar-refractivity contribution in [2.45, 2.75) is 13.0 Å². The van der Waals surface area contributed by atoms with E-state index < -0.39 is 36.1 Å². The van der Waals surface area contributed by atoms with Gasteiger partial charge in [0.05, 0.1) is 0 Å². The van der Waals surface area contributed by atoms with Crippen molar-refractivity contribution in [2.24, 2.45) is 5.73 Å². The van der Waals surface area contributed by atoms with Gasteiger partial charge < -0.3 is 10.8 Å². The maximum atomic E-state index is 13.1. The van der Waals surface area contributed by atoms with Crippen LogP contribution < -0.4 is 5.73 Å². The highest BCUT2D eigenvalue weighted by Gasteiger charge is 2.20. The first kappa shape index (κ1) is 11.4. The third-order valence-electron chi connectivity index (χ3n) is 1.72. The van der Waals surface area contributed by atoms with Crippen LogP contribution in [0.2, 0.25) is 0 Å². The van der Waals surface area contributed by atoms with Gasteiger partial charge in [0.1, 0.15) is 11.5 Å². The molecule has 0 radical (unpaired) electrons. The molecule has 1 aromatic heterocycles. The molecule has 0 aliphatic heterocycles. The van der Waals surface area contributed by atoms with Crippen molar-refractivity contribution in [1.82, 2.24) is 4.98 Å².